The number of hydrogen-bond acceptors (Lipinski definition) is 3. The summed E-state index contributed by atoms with van der Waals surface area (Å²) in [5.41, 5.74) is 3.20. The molecule has 42 heavy (non-hydrogen) atoms. The molecular weight excluding hydrogens is 584 g/mol. The van der Waals surface area contributed by atoms with Crippen molar-refractivity contribution in [3.8, 4) is 5.75 Å². The Bertz CT molecular complexity index is 1730. The first kappa shape index (κ1) is 28.6. The predicted molar refractivity (Wildman–Crippen MR) is 168 cm³/mol. The van der Waals surface area contributed by atoms with Crippen LogP contribution in [-0.4, -0.2) is 40.3 Å². The zero-order valence-electron chi connectivity index (χ0n) is 23.8. The van der Waals surface area contributed by atoms with E-state index >= 15 is 0 Å². The Balaban J connectivity index is 0.00000316. The summed E-state index contributed by atoms with van der Waals surface area (Å²) in [6, 6.07) is 27.9. The molecule has 3 aliphatic rings. The van der Waals surface area contributed by atoms with E-state index in [9.17, 15) is 5.11 Å². The summed E-state index contributed by atoms with van der Waals surface area (Å²) in [4.78, 5) is 4.61. The van der Waals surface area contributed by atoms with Crippen LogP contribution in [0.3, 0.4) is 0 Å². The molecule has 8 rings (SSSR count). The highest BCUT2D eigenvalue weighted by molar-refractivity contribution is 6.02. The Hall–Kier alpha value is -3.51. The van der Waals surface area contributed by atoms with Crippen LogP contribution in [0, 0.1) is 11.8 Å². The number of halogens is 1. The smallest absolute Gasteiger partial charge is 0.131 e. The SMILES string of the molecule is C=CCOc1ccc2nccc([C@H](O)[C@H]3C[C@H]4CC[N+]3(Cc3c5ccccc5cc5ccccc35)C[C@@H]4C=C)c2c1.[Br-]. The summed E-state index contributed by atoms with van der Waals surface area (Å²) in [6.07, 6.45) is 7.28. The number of nitrogens with zero attached hydrogens (tertiary/aromatic N) is 2. The summed E-state index contributed by atoms with van der Waals surface area (Å²) in [6.45, 7) is 11.4. The van der Waals surface area contributed by atoms with E-state index in [1.165, 1.54) is 33.5 Å². The minimum Gasteiger partial charge on any atom is -1.00 e. The molecule has 5 atom stereocenters. The van der Waals surface area contributed by atoms with Gasteiger partial charge in [0.25, 0.3) is 0 Å². The van der Waals surface area contributed by atoms with Gasteiger partial charge in [-0.1, -0.05) is 67.3 Å². The minimum absolute atomic E-state index is 0. The average molecular weight is 622 g/mol. The zero-order valence-corrected chi connectivity index (χ0v) is 25.4. The number of aromatic nitrogens is 1. The molecule has 2 bridgehead atoms. The molecule has 4 heterocycles. The van der Waals surface area contributed by atoms with Gasteiger partial charge in [0.05, 0.1) is 18.6 Å². The Kier molecular flexibility index (Phi) is 7.93. The van der Waals surface area contributed by atoms with E-state index < -0.39 is 6.10 Å². The fraction of sp³-hybridized carbons (Fsp3) is 0.270. The van der Waals surface area contributed by atoms with Crippen LogP contribution < -0.4 is 21.7 Å². The molecule has 214 valence electrons. The van der Waals surface area contributed by atoms with Gasteiger partial charge >= 0.3 is 0 Å². The topological polar surface area (TPSA) is 42.4 Å². The van der Waals surface area contributed by atoms with Crippen molar-refractivity contribution >= 4 is 32.4 Å². The van der Waals surface area contributed by atoms with Crippen LogP contribution >= 0.6 is 0 Å². The lowest BCUT2D eigenvalue weighted by atomic mass is 9.71. The summed E-state index contributed by atoms with van der Waals surface area (Å²) in [7, 11) is 0. The molecule has 0 saturated carbocycles. The van der Waals surface area contributed by atoms with Crippen molar-refractivity contribution in [1.82, 2.24) is 4.98 Å². The number of piperidine rings is 3. The summed E-state index contributed by atoms with van der Waals surface area (Å²) in [5.74, 6) is 1.78. The molecule has 0 aliphatic carbocycles. The number of hydrogen-bond donors (Lipinski definition) is 1. The number of rotatable bonds is 8. The van der Waals surface area contributed by atoms with Crippen LogP contribution in [0.15, 0.2) is 110 Å². The minimum atomic E-state index is -0.620. The van der Waals surface area contributed by atoms with Crippen LogP contribution in [-0.2, 0) is 6.54 Å². The summed E-state index contributed by atoms with van der Waals surface area (Å²) >= 11 is 0. The van der Waals surface area contributed by atoms with E-state index in [2.05, 4.69) is 78.8 Å². The Morgan fingerprint density at radius 2 is 1.69 bits per heavy atom. The maximum Gasteiger partial charge on any atom is 0.131 e. The zero-order chi connectivity index (χ0) is 28.0. The van der Waals surface area contributed by atoms with Crippen molar-refractivity contribution in [1.29, 1.82) is 0 Å². The molecule has 0 spiro atoms. The molecule has 4 nitrogen and oxygen atoms in total. The number of fused-ring (bicyclic) bond motifs is 6. The van der Waals surface area contributed by atoms with E-state index in [1.54, 1.807) is 6.08 Å². The molecule has 4 aromatic carbocycles. The van der Waals surface area contributed by atoms with Gasteiger partial charge < -0.3 is 31.3 Å². The molecule has 5 heteroatoms. The van der Waals surface area contributed by atoms with Crippen molar-refractivity contribution < 1.29 is 31.3 Å². The monoisotopic (exact) mass is 620 g/mol. The van der Waals surface area contributed by atoms with Crippen molar-refractivity contribution in [3.63, 3.8) is 0 Å². The maximum absolute atomic E-state index is 12.3. The second-order valence-electron chi connectivity index (χ2n) is 12.0. The quantitative estimate of drug-likeness (QED) is 0.155. The molecule has 3 aliphatic heterocycles. The summed E-state index contributed by atoms with van der Waals surface area (Å²) in [5, 5.41) is 18.5. The van der Waals surface area contributed by atoms with Crippen LogP contribution in [0.1, 0.15) is 30.1 Å². The number of pyridine rings is 1. The molecular formula is C37H37BrN2O2. The van der Waals surface area contributed by atoms with Gasteiger partial charge in [-0.2, -0.15) is 0 Å². The van der Waals surface area contributed by atoms with E-state index in [-0.39, 0.29) is 23.0 Å². The molecule has 0 radical (unpaired) electrons. The second-order valence-corrected chi connectivity index (χ2v) is 12.0. The van der Waals surface area contributed by atoms with Gasteiger partial charge in [0, 0.05) is 35.9 Å². The lowest BCUT2D eigenvalue weighted by Gasteiger charge is -2.58. The van der Waals surface area contributed by atoms with Crippen LogP contribution in [0.4, 0.5) is 0 Å². The first-order chi connectivity index (χ1) is 20.1. The van der Waals surface area contributed by atoms with Gasteiger partial charge in [0.2, 0.25) is 0 Å². The van der Waals surface area contributed by atoms with E-state index in [0.29, 0.717) is 18.4 Å². The Morgan fingerprint density at radius 1 is 0.952 bits per heavy atom. The third-order valence-electron chi connectivity index (χ3n) is 9.83. The third kappa shape index (κ3) is 4.84. The number of aliphatic hydroxyl groups is 1. The fourth-order valence-corrected chi connectivity index (χ4v) is 7.83. The number of aliphatic hydroxyl groups excluding tert-OH is 1. The van der Waals surface area contributed by atoms with Gasteiger partial charge in [0.15, 0.2) is 0 Å². The molecule has 5 aromatic rings. The third-order valence-corrected chi connectivity index (χ3v) is 9.83. The molecule has 0 amide bonds. The highest BCUT2D eigenvalue weighted by Crippen LogP contribution is 2.49. The van der Waals surface area contributed by atoms with Gasteiger partial charge in [-0.3, -0.25) is 4.98 Å². The van der Waals surface area contributed by atoms with Crippen molar-refractivity contribution in [2.75, 3.05) is 19.7 Å². The number of benzene rings is 4. The van der Waals surface area contributed by atoms with Crippen LogP contribution in [0.25, 0.3) is 32.4 Å². The van der Waals surface area contributed by atoms with Gasteiger partial charge in [-0.25, -0.2) is 0 Å². The van der Waals surface area contributed by atoms with Gasteiger partial charge in [-0.15, -0.1) is 6.58 Å². The van der Waals surface area contributed by atoms with Crippen molar-refractivity contribution in [2.24, 2.45) is 11.8 Å². The van der Waals surface area contributed by atoms with Crippen molar-refractivity contribution in [3.05, 3.63) is 121 Å². The van der Waals surface area contributed by atoms with E-state index in [0.717, 1.165) is 52.8 Å². The van der Waals surface area contributed by atoms with E-state index in [1.807, 2.05) is 30.5 Å². The summed E-state index contributed by atoms with van der Waals surface area (Å²) < 4.78 is 6.72. The highest BCUT2D eigenvalue weighted by Gasteiger charge is 2.54. The van der Waals surface area contributed by atoms with Crippen molar-refractivity contribution in [2.45, 2.75) is 31.5 Å². The average Bonchev–Trinajstić information content (AvgIpc) is 3.03. The highest BCUT2D eigenvalue weighted by atomic mass is 79.9. The molecule has 3 saturated heterocycles. The second kappa shape index (κ2) is 11.6. The molecule has 1 N–H and O–H groups in total. The molecule has 3 fully saturated rings. The van der Waals surface area contributed by atoms with E-state index in [4.69, 9.17) is 4.74 Å². The lowest BCUT2D eigenvalue weighted by molar-refractivity contribution is -0.984. The Morgan fingerprint density at radius 3 is 2.40 bits per heavy atom. The maximum atomic E-state index is 12.3. The molecule has 1 unspecified atom stereocenters. The van der Waals surface area contributed by atoms with Gasteiger partial charge in [-0.05, 0) is 63.4 Å². The lowest BCUT2D eigenvalue weighted by Crippen LogP contribution is -3.00. The molecule has 1 aromatic heterocycles. The first-order valence-electron chi connectivity index (χ1n) is 14.8. The first-order valence-corrected chi connectivity index (χ1v) is 14.8. The Labute approximate surface area is 258 Å². The normalized spacial score (nSPS) is 23.9. The van der Waals surface area contributed by atoms with Crippen LogP contribution in [0.5, 0.6) is 5.75 Å². The largest absolute Gasteiger partial charge is 1.00 e. The van der Waals surface area contributed by atoms with Gasteiger partial charge in [0.1, 0.15) is 31.0 Å². The predicted octanol–water partition coefficient (Wildman–Crippen LogP) is 4.75. The fourth-order valence-electron chi connectivity index (χ4n) is 7.83. The number of ether oxygens (including phenoxy) is 1. The van der Waals surface area contributed by atoms with Crippen LogP contribution in [0.2, 0.25) is 0 Å². The standard InChI is InChI=1S/C37H37N2O2.BrH/c1-3-19-41-29-13-14-35-33(22-29)32(15-17-38-35)37(40)36-21-26-16-18-39(36,23-25(26)4-2)24-34-30-11-7-5-9-27(30)20-28-10-6-8-12-31(28)34;/h3-15,17,20,22,25-26,36-37,40H,1-2,16,18-19,21,23-24H2;1H/q+1;/p-1/t25-,26+,36+,37-,39?;/m0./s1. The number of quaternary nitrogens is 1.